The Bertz CT molecular complexity index is 928. The Balaban J connectivity index is 1.86. The van der Waals surface area contributed by atoms with Crippen LogP contribution in [0.2, 0.25) is 39.3 Å². The first-order valence-corrected chi connectivity index (χ1v) is 18.1. The molecule has 0 saturated carbocycles. The average molecular weight is 417 g/mol. The normalized spacial score (nSPS) is 21.5. The summed E-state index contributed by atoms with van der Waals surface area (Å²) in [6.07, 6.45) is 5.31. The summed E-state index contributed by atoms with van der Waals surface area (Å²) in [6, 6.07) is 18.4. The van der Waals surface area contributed by atoms with Crippen molar-refractivity contribution in [1.29, 1.82) is 0 Å². The molecule has 29 heavy (non-hydrogen) atoms. The van der Waals surface area contributed by atoms with Gasteiger partial charge in [0.2, 0.25) is 0 Å². The SMILES string of the molecule is CC(C)([C@H]1C=C([Si](C)(C)C)c2ccccc21)[C@H]1C=C([Si](C)(C)C)c2ccccc21. The van der Waals surface area contributed by atoms with Gasteiger partial charge < -0.3 is 0 Å². The van der Waals surface area contributed by atoms with Crippen molar-refractivity contribution in [3.63, 3.8) is 0 Å². The molecule has 0 aliphatic heterocycles. The lowest BCUT2D eigenvalue weighted by Gasteiger charge is -2.37. The smallest absolute Gasteiger partial charge is 0.0766 e. The van der Waals surface area contributed by atoms with E-state index in [9.17, 15) is 0 Å². The first-order valence-electron chi connectivity index (χ1n) is 11.1. The lowest BCUT2D eigenvalue weighted by molar-refractivity contribution is 0.292. The molecule has 0 fully saturated rings. The van der Waals surface area contributed by atoms with E-state index in [0.29, 0.717) is 11.8 Å². The van der Waals surface area contributed by atoms with Crippen LogP contribution in [-0.4, -0.2) is 16.1 Å². The molecule has 0 spiro atoms. The van der Waals surface area contributed by atoms with Gasteiger partial charge in [0, 0.05) is 11.8 Å². The number of hydrogen-bond donors (Lipinski definition) is 0. The van der Waals surface area contributed by atoms with Gasteiger partial charge in [-0.15, -0.1) is 0 Å². The third kappa shape index (κ3) is 3.35. The maximum Gasteiger partial charge on any atom is 0.0780 e. The molecule has 2 heteroatoms. The van der Waals surface area contributed by atoms with Crippen molar-refractivity contribution in [2.75, 3.05) is 0 Å². The van der Waals surface area contributed by atoms with Gasteiger partial charge in [0.25, 0.3) is 0 Å². The van der Waals surface area contributed by atoms with Crippen LogP contribution in [0.5, 0.6) is 0 Å². The molecule has 0 saturated heterocycles. The van der Waals surface area contributed by atoms with Gasteiger partial charge in [-0.3, -0.25) is 0 Å². The summed E-state index contributed by atoms with van der Waals surface area (Å²) in [5.41, 5.74) is 6.26. The molecule has 2 aromatic carbocycles. The molecule has 0 unspecified atom stereocenters. The standard InChI is InChI=1S/C27H36Si2/c1-27(2,23-17-25(28(3,4)5)21-15-11-9-13-19(21)23)24-18-26(29(6,7)8)22-16-12-10-14-20(22)24/h9-18,23-24H,1-8H3/t23-,24-/m0/s1. The monoisotopic (exact) mass is 416 g/mol. The highest BCUT2D eigenvalue weighted by Crippen LogP contribution is 2.57. The fraction of sp³-hybridized carbons (Fsp3) is 0.407. The van der Waals surface area contributed by atoms with E-state index in [0.717, 1.165) is 0 Å². The minimum Gasteiger partial charge on any atom is -0.0766 e. The van der Waals surface area contributed by atoms with Gasteiger partial charge in [0.05, 0.1) is 16.1 Å². The number of rotatable bonds is 4. The predicted octanol–water partition coefficient (Wildman–Crippen LogP) is 8.13. The van der Waals surface area contributed by atoms with Crippen molar-refractivity contribution >= 4 is 26.5 Å². The van der Waals surface area contributed by atoms with Crippen LogP contribution in [0.3, 0.4) is 0 Å². The van der Waals surface area contributed by atoms with Crippen LogP contribution in [-0.2, 0) is 0 Å². The number of benzene rings is 2. The van der Waals surface area contributed by atoms with E-state index in [4.69, 9.17) is 0 Å². The van der Waals surface area contributed by atoms with Crippen molar-refractivity contribution in [2.24, 2.45) is 5.41 Å². The second kappa shape index (κ2) is 6.68. The van der Waals surface area contributed by atoms with Crippen LogP contribution >= 0.6 is 0 Å². The highest BCUT2D eigenvalue weighted by molar-refractivity contribution is 6.94. The second-order valence-corrected chi connectivity index (χ2v) is 21.7. The highest BCUT2D eigenvalue weighted by atomic mass is 28.3. The Hall–Kier alpha value is -1.65. The Morgan fingerprint density at radius 1 is 0.586 bits per heavy atom. The predicted molar refractivity (Wildman–Crippen MR) is 135 cm³/mol. The molecule has 0 nitrogen and oxygen atoms in total. The van der Waals surface area contributed by atoms with E-state index < -0.39 is 16.1 Å². The quantitative estimate of drug-likeness (QED) is 0.441. The Labute approximate surface area is 179 Å². The van der Waals surface area contributed by atoms with E-state index in [1.807, 2.05) is 0 Å². The number of fused-ring (bicyclic) bond motifs is 2. The van der Waals surface area contributed by atoms with Gasteiger partial charge in [0.15, 0.2) is 0 Å². The third-order valence-electron chi connectivity index (χ3n) is 7.06. The summed E-state index contributed by atoms with van der Waals surface area (Å²) < 4.78 is 0. The zero-order valence-electron chi connectivity index (χ0n) is 19.4. The van der Waals surface area contributed by atoms with Gasteiger partial charge in [-0.25, -0.2) is 0 Å². The molecule has 2 aliphatic carbocycles. The number of allylic oxidation sites excluding steroid dienone is 2. The molecule has 0 heterocycles. The largest absolute Gasteiger partial charge is 0.0780 e. The average Bonchev–Trinajstić information content (AvgIpc) is 3.21. The maximum absolute atomic E-state index is 2.65. The molecule has 0 aromatic heterocycles. The summed E-state index contributed by atoms with van der Waals surface area (Å²) in [6.45, 7) is 19.9. The Kier molecular flexibility index (Phi) is 4.75. The van der Waals surface area contributed by atoms with Crippen LogP contribution in [0.4, 0.5) is 0 Å². The molecule has 0 bridgehead atoms. The molecule has 0 radical (unpaired) electrons. The van der Waals surface area contributed by atoms with E-state index in [-0.39, 0.29) is 5.41 Å². The van der Waals surface area contributed by atoms with Crippen molar-refractivity contribution in [3.8, 4) is 0 Å². The first-order chi connectivity index (χ1) is 13.4. The van der Waals surface area contributed by atoms with Gasteiger partial charge in [-0.2, -0.15) is 0 Å². The summed E-state index contributed by atoms with van der Waals surface area (Å²) in [4.78, 5) is 0. The second-order valence-electron chi connectivity index (χ2n) is 11.6. The van der Waals surface area contributed by atoms with Crippen LogP contribution < -0.4 is 0 Å². The maximum atomic E-state index is 2.65. The van der Waals surface area contributed by atoms with Crippen LogP contribution in [0, 0.1) is 5.41 Å². The van der Waals surface area contributed by atoms with Gasteiger partial charge in [-0.05, 0) is 27.7 Å². The zero-order chi connectivity index (χ0) is 21.2. The fourth-order valence-electron chi connectivity index (χ4n) is 5.45. The van der Waals surface area contributed by atoms with Crippen molar-refractivity contribution in [1.82, 2.24) is 0 Å². The lowest BCUT2D eigenvalue weighted by atomic mass is 9.66. The summed E-state index contributed by atoms with van der Waals surface area (Å²) in [5, 5.41) is 3.29. The van der Waals surface area contributed by atoms with Crippen LogP contribution in [0.1, 0.15) is 47.9 Å². The van der Waals surface area contributed by atoms with Crippen LogP contribution in [0.25, 0.3) is 10.4 Å². The fourth-order valence-corrected chi connectivity index (χ4v) is 8.86. The van der Waals surface area contributed by atoms with Crippen molar-refractivity contribution in [2.45, 2.75) is 65.0 Å². The zero-order valence-corrected chi connectivity index (χ0v) is 21.4. The molecule has 152 valence electrons. The summed E-state index contributed by atoms with van der Waals surface area (Å²) in [5.74, 6) is 0.937. The summed E-state index contributed by atoms with van der Waals surface area (Å²) >= 11 is 0. The molecule has 4 rings (SSSR count). The topological polar surface area (TPSA) is 0 Å². The van der Waals surface area contributed by atoms with Gasteiger partial charge >= 0.3 is 0 Å². The Morgan fingerprint density at radius 3 is 1.28 bits per heavy atom. The van der Waals surface area contributed by atoms with E-state index in [1.165, 1.54) is 11.1 Å². The van der Waals surface area contributed by atoms with E-state index in [1.54, 1.807) is 21.5 Å². The third-order valence-corrected chi connectivity index (χ3v) is 11.2. The van der Waals surface area contributed by atoms with Crippen molar-refractivity contribution < 1.29 is 0 Å². The molecule has 0 amide bonds. The molecule has 2 atom stereocenters. The molecule has 0 N–H and O–H groups in total. The molecule has 2 aromatic rings. The van der Waals surface area contributed by atoms with E-state index >= 15 is 0 Å². The minimum atomic E-state index is -1.40. The highest BCUT2D eigenvalue weighted by Gasteiger charge is 2.45. The minimum absolute atomic E-state index is 0.134. The summed E-state index contributed by atoms with van der Waals surface area (Å²) in [7, 11) is -2.80. The van der Waals surface area contributed by atoms with Gasteiger partial charge in [-0.1, -0.05) is 124 Å². The van der Waals surface area contributed by atoms with Crippen molar-refractivity contribution in [3.05, 3.63) is 82.9 Å². The van der Waals surface area contributed by atoms with Crippen LogP contribution in [0.15, 0.2) is 60.7 Å². The number of hydrogen-bond acceptors (Lipinski definition) is 0. The molecular weight excluding hydrogens is 380 g/mol. The Morgan fingerprint density at radius 2 is 0.931 bits per heavy atom. The molecular formula is C27H36Si2. The lowest BCUT2D eigenvalue weighted by Crippen LogP contribution is -2.27. The van der Waals surface area contributed by atoms with E-state index in [2.05, 4.69) is 114 Å². The van der Waals surface area contributed by atoms with Gasteiger partial charge in [0.1, 0.15) is 0 Å². The molecule has 2 aliphatic rings. The first kappa shape index (κ1) is 20.6.